The van der Waals surface area contributed by atoms with Crippen molar-refractivity contribution >= 4 is 34.4 Å². The van der Waals surface area contributed by atoms with E-state index < -0.39 is 12.1 Å². The fraction of sp³-hybridized carbons (Fsp3) is 0.171. The molecule has 2 aliphatic rings. The van der Waals surface area contributed by atoms with Crippen LogP contribution in [0.4, 0.5) is 10.5 Å². The number of hydrogen-bond acceptors (Lipinski definition) is 4. The molecule has 7 rings (SSSR count). The number of aromatic nitrogens is 1. The number of methoxy groups -OCH3 is 1. The van der Waals surface area contributed by atoms with Crippen LogP contribution in [0, 0.1) is 6.92 Å². The quantitative estimate of drug-likeness (QED) is 0.249. The molecule has 214 valence electrons. The fourth-order valence-corrected chi connectivity index (χ4v) is 6.30. The molecule has 0 aliphatic carbocycles. The second-order valence-electron chi connectivity index (χ2n) is 11.0. The van der Waals surface area contributed by atoms with E-state index in [9.17, 15) is 14.4 Å². The van der Waals surface area contributed by atoms with Crippen molar-refractivity contribution in [3.63, 3.8) is 0 Å². The lowest BCUT2D eigenvalue weighted by Crippen LogP contribution is -2.44. The lowest BCUT2D eigenvalue weighted by atomic mass is 9.88. The van der Waals surface area contributed by atoms with Gasteiger partial charge in [-0.2, -0.15) is 0 Å². The predicted octanol–water partition coefficient (Wildman–Crippen LogP) is 5.90. The summed E-state index contributed by atoms with van der Waals surface area (Å²) in [6, 6.07) is 28.8. The van der Waals surface area contributed by atoms with Crippen molar-refractivity contribution in [2.45, 2.75) is 32.0 Å². The highest BCUT2D eigenvalue weighted by Gasteiger charge is 2.53. The first-order valence-corrected chi connectivity index (χ1v) is 14.3. The standard InChI is InChI=1S/C35H30N4O4/c1-21-11-13-22(14-12-21)32-31-27(26-8-4-5-9-28(26)37-31)19-29-34(41)38(35(42)39(29)32)25-17-15-23(16-18-25)33(40)36-20-24-7-3-6-10-30(24)43-2/h3-18,29,32,37H,19-20H2,1-2H3,(H,36,40)/t29-,32-/m0/s1. The van der Waals surface area contributed by atoms with Crippen LogP contribution >= 0.6 is 0 Å². The molecule has 1 aromatic heterocycles. The number of hydrogen-bond donors (Lipinski definition) is 2. The van der Waals surface area contributed by atoms with Gasteiger partial charge in [-0.05, 0) is 54.4 Å². The van der Waals surface area contributed by atoms with E-state index in [4.69, 9.17) is 4.74 Å². The number of aromatic amines is 1. The molecule has 0 saturated carbocycles. The Labute approximate surface area is 248 Å². The zero-order valence-electron chi connectivity index (χ0n) is 23.8. The number of nitrogens with zero attached hydrogens (tertiary/aromatic N) is 2. The summed E-state index contributed by atoms with van der Waals surface area (Å²) < 4.78 is 5.37. The number of para-hydroxylation sites is 2. The summed E-state index contributed by atoms with van der Waals surface area (Å²) in [6.07, 6.45) is 0.423. The molecule has 1 fully saturated rings. The Balaban J connectivity index is 1.18. The van der Waals surface area contributed by atoms with E-state index >= 15 is 0 Å². The number of carbonyl (C=O) groups is 3. The molecule has 4 aromatic carbocycles. The second-order valence-corrected chi connectivity index (χ2v) is 11.0. The average molecular weight is 571 g/mol. The lowest BCUT2D eigenvalue weighted by molar-refractivity contribution is -0.120. The van der Waals surface area contributed by atoms with Gasteiger partial charge in [0.25, 0.3) is 11.8 Å². The molecule has 4 amide bonds. The number of fused-ring (bicyclic) bond motifs is 4. The van der Waals surface area contributed by atoms with E-state index in [2.05, 4.69) is 16.4 Å². The number of anilines is 1. The molecule has 1 saturated heterocycles. The van der Waals surface area contributed by atoms with Crippen molar-refractivity contribution in [3.05, 3.63) is 131 Å². The van der Waals surface area contributed by atoms with Crippen molar-refractivity contribution in [2.24, 2.45) is 0 Å². The molecule has 0 bridgehead atoms. The van der Waals surface area contributed by atoms with Crippen molar-refractivity contribution in [1.29, 1.82) is 0 Å². The third-order valence-electron chi connectivity index (χ3n) is 8.46. The summed E-state index contributed by atoms with van der Waals surface area (Å²) in [5, 5.41) is 3.97. The summed E-state index contributed by atoms with van der Waals surface area (Å²) in [4.78, 5) is 47.5. The molecule has 2 atom stereocenters. The maximum atomic E-state index is 14.1. The van der Waals surface area contributed by atoms with Crippen LogP contribution in [0.1, 0.15) is 44.3 Å². The van der Waals surface area contributed by atoms with E-state index in [1.165, 1.54) is 4.90 Å². The number of aryl methyl sites for hydroxylation is 1. The van der Waals surface area contributed by atoms with Gasteiger partial charge in [0.1, 0.15) is 17.8 Å². The first-order chi connectivity index (χ1) is 20.9. The minimum Gasteiger partial charge on any atom is -0.496 e. The number of carbonyl (C=O) groups excluding carboxylic acids is 3. The molecule has 3 heterocycles. The molecule has 8 nitrogen and oxygen atoms in total. The SMILES string of the molecule is COc1ccccc1CNC(=O)c1ccc(N2C(=O)[C@@H]3Cc4c([nH]c5ccccc45)[C@H](c4ccc(C)cc4)N3C2=O)cc1. The minimum atomic E-state index is -0.644. The monoisotopic (exact) mass is 570 g/mol. The number of imide groups is 1. The Morgan fingerprint density at radius 1 is 0.930 bits per heavy atom. The van der Waals surface area contributed by atoms with Gasteiger partial charge in [-0.3, -0.25) is 14.5 Å². The van der Waals surface area contributed by atoms with Crippen molar-refractivity contribution in [2.75, 3.05) is 12.0 Å². The van der Waals surface area contributed by atoms with Crippen LogP contribution in [0.15, 0.2) is 97.1 Å². The number of H-pyrrole nitrogens is 1. The van der Waals surface area contributed by atoms with Crippen LogP contribution < -0.4 is 15.0 Å². The molecule has 2 aliphatic heterocycles. The fourth-order valence-electron chi connectivity index (χ4n) is 6.30. The summed E-state index contributed by atoms with van der Waals surface area (Å²) in [5.41, 5.74) is 6.76. The third kappa shape index (κ3) is 4.43. The van der Waals surface area contributed by atoms with E-state index in [1.54, 1.807) is 36.3 Å². The molecule has 0 radical (unpaired) electrons. The number of benzene rings is 4. The molecule has 0 spiro atoms. The van der Waals surface area contributed by atoms with Crippen LogP contribution in [-0.2, 0) is 17.8 Å². The Bertz CT molecular complexity index is 1880. The van der Waals surface area contributed by atoms with E-state index in [0.29, 0.717) is 30.0 Å². The number of urea groups is 1. The van der Waals surface area contributed by atoms with Crippen LogP contribution in [-0.4, -0.2) is 40.9 Å². The predicted molar refractivity (Wildman–Crippen MR) is 164 cm³/mol. The first-order valence-electron chi connectivity index (χ1n) is 14.3. The van der Waals surface area contributed by atoms with Gasteiger partial charge in [-0.15, -0.1) is 0 Å². The highest BCUT2D eigenvalue weighted by atomic mass is 16.5. The molecular formula is C35H30N4O4. The van der Waals surface area contributed by atoms with E-state index in [0.717, 1.165) is 38.9 Å². The lowest BCUT2D eigenvalue weighted by Gasteiger charge is -2.36. The summed E-state index contributed by atoms with van der Waals surface area (Å²) in [6.45, 7) is 2.33. The molecule has 2 N–H and O–H groups in total. The van der Waals surface area contributed by atoms with Gasteiger partial charge in [0.15, 0.2) is 0 Å². The molecular weight excluding hydrogens is 540 g/mol. The maximum absolute atomic E-state index is 14.1. The van der Waals surface area contributed by atoms with Gasteiger partial charge < -0.3 is 15.0 Å². The Hall–Kier alpha value is -5.37. The van der Waals surface area contributed by atoms with Gasteiger partial charge in [0.2, 0.25) is 0 Å². The van der Waals surface area contributed by atoms with Crippen LogP contribution in [0.3, 0.4) is 0 Å². The topological polar surface area (TPSA) is 94.7 Å². The number of rotatable bonds is 6. The third-order valence-corrected chi connectivity index (χ3v) is 8.46. The summed E-state index contributed by atoms with van der Waals surface area (Å²) >= 11 is 0. The normalized spacial score (nSPS) is 17.6. The summed E-state index contributed by atoms with van der Waals surface area (Å²) in [7, 11) is 1.59. The van der Waals surface area contributed by atoms with Gasteiger partial charge in [-0.1, -0.05) is 66.2 Å². The Morgan fingerprint density at radius 2 is 1.65 bits per heavy atom. The summed E-state index contributed by atoms with van der Waals surface area (Å²) in [5.74, 6) is 0.161. The van der Waals surface area contributed by atoms with Crippen molar-refractivity contribution in [1.82, 2.24) is 15.2 Å². The van der Waals surface area contributed by atoms with E-state index in [1.807, 2.05) is 73.7 Å². The van der Waals surface area contributed by atoms with E-state index in [-0.39, 0.29) is 17.8 Å². The van der Waals surface area contributed by atoms with Crippen LogP contribution in [0.5, 0.6) is 5.75 Å². The highest BCUT2D eigenvalue weighted by molar-refractivity contribution is 6.22. The van der Waals surface area contributed by atoms with Gasteiger partial charge >= 0.3 is 6.03 Å². The van der Waals surface area contributed by atoms with Crippen molar-refractivity contribution < 1.29 is 19.1 Å². The minimum absolute atomic E-state index is 0.265. The number of nitrogens with one attached hydrogen (secondary N) is 2. The van der Waals surface area contributed by atoms with Gasteiger partial charge in [0.05, 0.1) is 12.8 Å². The van der Waals surface area contributed by atoms with Crippen LogP contribution in [0.2, 0.25) is 0 Å². The largest absolute Gasteiger partial charge is 0.496 e. The average Bonchev–Trinajstić information content (AvgIpc) is 3.53. The first kappa shape index (κ1) is 26.5. The van der Waals surface area contributed by atoms with Gasteiger partial charge in [-0.25, -0.2) is 9.69 Å². The molecule has 43 heavy (non-hydrogen) atoms. The molecule has 5 aromatic rings. The molecule has 8 heteroatoms. The zero-order chi connectivity index (χ0) is 29.7. The van der Waals surface area contributed by atoms with Crippen molar-refractivity contribution in [3.8, 4) is 5.75 Å². The molecule has 0 unspecified atom stereocenters. The Morgan fingerprint density at radius 3 is 2.42 bits per heavy atom. The zero-order valence-corrected chi connectivity index (χ0v) is 23.8. The van der Waals surface area contributed by atoms with Crippen LogP contribution in [0.25, 0.3) is 10.9 Å². The highest BCUT2D eigenvalue weighted by Crippen LogP contribution is 2.44. The number of amides is 4. The van der Waals surface area contributed by atoms with Gasteiger partial charge in [0, 0.05) is 40.7 Å². The number of ether oxygens (including phenoxy) is 1. The maximum Gasteiger partial charge on any atom is 0.332 e. The smallest absolute Gasteiger partial charge is 0.332 e. The second kappa shape index (κ2) is 10.5. The Kier molecular flexibility index (Phi) is 6.46.